The molecule has 3 aromatic rings. The number of rotatable bonds is 3. The molecule has 4 heterocycles. The Kier molecular flexibility index (Phi) is 5.18. The minimum Gasteiger partial charge on any atom is -0.339 e. The Balaban J connectivity index is 1.30. The van der Waals surface area contributed by atoms with E-state index in [-0.39, 0.29) is 17.6 Å². The van der Waals surface area contributed by atoms with Gasteiger partial charge in [-0.05, 0) is 73.6 Å². The van der Waals surface area contributed by atoms with Crippen molar-refractivity contribution in [3.05, 3.63) is 71.3 Å². The first-order chi connectivity index (χ1) is 15.1. The summed E-state index contributed by atoms with van der Waals surface area (Å²) in [6, 6.07) is 9.86. The highest BCUT2D eigenvalue weighted by Gasteiger charge is 2.26. The Morgan fingerprint density at radius 1 is 0.903 bits per heavy atom. The molecule has 0 radical (unpaired) electrons. The molecule has 0 N–H and O–H groups in total. The summed E-state index contributed by atoms with van der Waals surface area (Å²) >= 11 is 0. The summed E-state index contributed by atoms with van der Waals surface area (Å²) in [5.74, 6) is -0.00689. The second-order valence-corrected chi connectivity index (χ2v) is 8.42. The van der Waals surface area contributed by atoms with E-state index >= 15 is 0 Å². The number of hydrogen-bond donors (Lipinski definition) is 0. The van der Waals surface area contributed by atoms with Gasteiger partial charge in [0.05, 0.1) is 17.3 Å². The summed E-state index contributed by atoms with van der Waals surface area (Å²) < 4.78 is 14.9. The van der Waals surface area contributed by atoms with Gasteiger partial charge in [0.15, 0.2) is 0 Å². The number of aromatic nitrogens is 2. The van der Waals surface area contributed by atoms with Crippen LogP contribution in [0, 0.1) is 5.82 Å². The zero-order chi connectivity index (χ0) is 21.4. The van der Waals surface area contributed by atoms with E-state index in [9.17, 15) is 14.0 Å². The molecule has 1 aromatic carbocycles. The van der Waals surface area contributed by atoms with Gasteiger partial charge in [-0.25, -0.2) is 8.91 Å². The van der Waals surface area contributed by atoms with Gasteiger partial charge in [0.25, 0.3) is 11.8 Å². The van der Waals surface area contributed by atoms with Gasteiger partial charge >= 0.3 is 0 Å². The average molecular weight is 420 g/mol. The van der Waals surface area contributed by atoms with Crippen LogP contribution < -0.4 is 0 Å². The van der Waals surface area contributed by atoms with Crippen LogP contribution in [0.5, 0.6) is 0 Å². The lowest BCUT2D eigenvalue weighted by molar-refractivity contribution is 0.0712. The number of carbonyl (C=O) groups excluding carboxylic acids is 2. The van der Waals surface area contributed by atoms with Gasteiger partial charge in [-0.2, -0.15) is 5.10 Å². The third kappa shape index (κ3) is 3.80. The molecule has 0 spiro atoms. The standard InChI is InChI=1S/C24H25FN4O2/c25-20-5-3-18(4-6-20)23(30)28-12-7-17(8-13-28)19-9-14-29-22(15-19)21(16-26-29)24(31)27-10-1-2-11-27/h3-6,9,14-17H,1-2,7-8,10-13H2. The van der Waals surface area contributed by atoms with Crippen molar-refractivity contribution in [3.8, 4) is 0 Å². The fraction of sp³-hybridized carbons (Fsp3) is 0.375. The second-order valence-electron chi connectivity index (χ2n) is 8.42. The maximum absolute atomic E-state index is 13.1. The summed E-state index contributed by atoms with van der Waals surface area (Å²) in [7, 11) is 0. The van der Waals surface area contributed by atoms with E-state index in [1.165, 1.54) is 29.8 Å². The minimum atomic E-state index is -0.340. The Hall–Kier alpha value is -3.22. The molecule has 5 rings (SSSR count). The second kappa shape index (κ2) is 8.13. The van der Waals surface area contributed by atoms with Gasteiger partial charge in [-0.15, -0.1) is 0 Å². The summed E-state index contributed by atoms with van der Waals surface area (Å²) in [4.78, 5) is 29.3. The van der Waals surface area contributed by atoms with Crippen LogP contribution in [-0.2, 0) is 0 Å². The molecule has 31 heavy (non-hydrogen) atoms. The summed E-state index contributed by atoms with van der Waals surface area (Å²) in [5, 5.41) is 4.36. The van der Waals surface area contributed by atoms with Crippen LogP contribution in [-0.4, -0.2) is 57.4 Å². The summed E-state index contributed by atoms with van der Waals surface area (Å²) in [5.41, 5.74) is 3.20. The number of fused-ring (bicyclic) bond motifs is 1. The lowest BCUT2D eigenvalue weighted by atomic mass is 9.89. The lowest BCUT2D eigenvalue weighted by Crippen LogP contribution is -2.37. The van der Waals surface area contributed by atoms with E-state index in [0.717, 1.165) is 44.3 Å². The summed E-state index contributed by atoms with van der Waals surface area (Å²) in [6.07, 6.45) is 7.42. The molecule has 0 atom stereocenters. The van der Waals surface area contributed by atoms with Crippen LogP contribution in [0.25, 0.3) is 5.52 Å². The van der Waals surface area contributed by atoms with Crippen LogP contribution in [0.1, 0.15) is 57.9 Å². The molecule has 6 nitrogen and oxygen atoms in total. The highest BCUT2D eigenvalue weighted by molar-refractivity contribution is 6.00. The zero-order valence-corrected chi connectivity index (χ0v) is 17.3. The van der Waals surface area contributed by atoms with Crippen molar-refractivity contribution in [2.45, 2.75) is 31.6 Å². The van der Waals surface area contributed by atoms with Gasteiger partial charge in [-0.1, -0.05) is 0 Å². The number of halogens is 1. The fourth-order valence-electron chi connectivity index (χ4n) is 4.70. The minimum absolute atomic E-state index is 0.0526. The van der Waals surface area contributed by atoms with Crippen LogP contribution in [0.4, 0.5) is 4.39 Å². The monoisotopic (exact) mass is 420 g/mol. The highest BCUT2D eigenvalue weighted by Crippen LogP contribution is 2.30. The normalized spacial score (nSPS) is 17.5. The Morgan fingerprint density at radius 2 is 1.58 bits per heavy atom. The van der Waals surface area contributed by atoms with Gasteiger partial charge in [0.2, 0.25) is 0 Å². The van der Waals surface area contributed by atoms with Gasteiger partial charge in [0.1, 0.15) is 5.82 Å². The first-order valence-corrected chi connectivity index (χ1v) is 10.9. The topological polar surface area (TPSA) is 57.9 Å². The molecular formula is C24H25FN4O2. The van der Waals surface area contributed by atoms with Crippen molar-refractivity contribution >= 4 is 17.3 Å². The fourth-order valence-corrected chi connectivity index (χ4v) is 4.70. The maximum Gasteiger partial charge on any atom is 0.257 e. The maximum atomic E-state index is 13.1. The van der Waals surface area contributed by atoms with Crippen molar-refractivity contribution in [2.75, 3.05) is 26.2 Å². The number of piperidine rings is 1. The van der Waals surface area contributed by atoms with Crippen LogP contribution >= 0.6 is 0 Å². The number of benzene rings is 1. The number of hydrogen-bond acceptors (Lipinski definition) is 3. The largest absolute Gasteiger partial charge is 0.339 e. The number of carbonyl (C=O) groups is 2. The van der Waals surface area contributed by atoms with Crippen molar-refractivity contribution in [1.29, 1.82) is 0 Å². The molecule has 2 aliphatic heterocycles. The van der Waals surface area contributed by atoms with E-state index in [1.807, 2.05) is 16.0 Å². The highest BCUT2D eigenvalue weighted by atomic mass is 19.1. The molecule has 2 fully saturated rings. The third-order valence-electron chi connectivity index (χ3n) is 6.51. The quantitative estimate of drug-likeness (QED) is 0.649. The number of likely N-dealkylation sites (tertiary alicyclic amines) is 2. The van der Waals surface area contributed by atoms with E-state index in [1.54, 1.807) is 10.7 Å². The molecular weight excluding hydrogens is 395 g/mol. The Morgan fingerprint density at radius 3 is 2.29 bits per heavy atom. The van der Waals surface area contributed by atoms with Crippen molar-refractivity contribution in [3.63, 3.8) is 0 Å². The van der Waals surface area contributed by atoms with Gasteiger partial charge in [-0.3, -0.25) is 9.59 Å². The smallest absolute Gasteiger partial charge is 0.257 e. The lowest BCUT2D eigenvalue weighted by Gasteiger charge is -2.32. The van der Waals surface area contributed by atoms with Crippen molar-refractivity contribution in [2.24, 2.45) is 0 Å². The molecule has 0 saturated carbocycles. The predicted octanol–water partition coefficient (Wildman–Crippen LogP) is 3.73. The molecule has 0 aliphatic carbocycles. The molecule has 2 amide bonds. The third-order valence-corrected chi connectivity index (χ3v) is 6.51. The number of pyridine rings is 1. The average Bonchev–Trinajstić information content (AvgIpc) is 3.49. The van der Waals surface area contributed by atoms with Crippen LogP contribution in [0.15, 0.2) is 48.8 Å². The van der Waals surface area contributed by atoms with Crippen LogP contribution in [0.3, 0.4) is 0 Å². The van der Waals surface area contributed by atoms with Crippen LogP contribution in [0.2, 0.25) is 0 Å². The predicted molar refractivity (Wildman–Crippen MR) is 115 cm³/mol. The van der Waals surface area contributed by atoms with Crippen molar-refractivity contribution in [1.82, 2.24) is 19.4 Å². The Labute approximate surface area is 180 Å². The molecule has 7 heteroatoms. The molecule has 160 valence electrons. The molecule has 2 saturated heterocycles. The molecule has 2 aromatic heterocycles. The van der Waals surface area contributed by atoms with E-state index in [4.69, 9.17) is 0 Å². The number of amides is 2. The van der Waals surface area contributed by atoms with E-state index in [0.29, 0.717) is 30.1 Å². The van der Waals surface area contributed by atoms with E-state index in [2.05, 4.69) is 17.2 Å². The summed E-state index contributed by atoms with van der Waals surface area (Å²) in [6.45, 7) is 2.95. The van der Waals surface area contributed by atoms with Crippen molar-refractivity contribution < 1.29 is 14.0 Å². The number of nitrogens with zero attached hydrogens (tertiary/aromatic N) is 4. The molecule has 0 bridgehead atoms. The van der Waals surface area contributed by atoms with Gasteiger partial charge < -0.3 is 9.80 Å². The molecule has 0 unspecified atom stereocenters. The SMILES string of the molecule is O=C(c1ccc(F)cc1)N1CCC(c2ccn3ncc(C(=O)N4CCCC4)c3c2)CC1. The molecule has 2 aliphatic rings. The zero-order valence-electron chi connectivity index (χ0n) is 17.3. The first-order valence-electron chi connectivity index (χ1n) is 10.9. The Bertz CT molecular complexity index is 1110. The van der Waals surface area contributed by atoms with Gasteiger partial charge in [0, 0.05) is 37.9 Å². The first kappa shape index (κ1) is 19.7. The van der Waals surface area contributed by atoms with E-state index < -0.39 is 0 Å².